The second-order valence-electron chi connectivity index (χ2n) is 8.41. The SMILES string of the molecule is COc1cc(/C=C2\S/C(=N/c3cccc(C)n3)N(c3ccccc3)C2=O)ccc1OCc1ccccc1Cl. The van der Waals surface area contributed by atoms with E-state index in [4.69, 9.17) is 26.1 Å². The van der Waals surface area contributed by atoms with Gasteiger partial charge in [0.25, 0.3) is 5.91 Å². The van der Waals surface area contributed by atoms with Gasteiger partial charge in [-0.25, -0.2) is 9.98 Å². The van der Waals surface area contributed by atoms with Crippen LogP contribution in [0.2, 0.25) is 5.02 Å². The van der Waals surface area contributed by atoms with Crippen molar-refractivity contribution in [3.05, 3.63) is 118 Å². The van der Waals surface area contributed by atoms with Crippen molar-refractivity contribution in [2.24, 2.45) is 4.99 Å². The molecule has 6 nitrogen and oxygen atoms in total. The van der Waals surface area contributed by atoms with Crippen LogP contribution in [0.15, 0.2) is 101 Å². The van der Waals surface area contributed by atoms with Crippen molar-refractivity contribution < 1.29 is 14.3 Å². The number of rotatable bonds is 7. The number of methoxy groups -OCH3 is 1. The smallest absolute Gasteiger partial charge is 0.271 e. The lowest BCUT2D eigenvalue weighted by Crippen LogP contribution is -2.28. The number of amidine groups is 1. The van der Waals surface area contributed by atoms with Gasteiger partial charge in [0.2, 0.25) is 0 Å². The highest BCUT2D eigenvalue weighted by molar-refractivity contribution is 8.19. The van der Waals surface area contributed by atoms with E-state index in [2.05, 4.69) is 4.98 Å². The van der Waals surface area contributed by atoms with Gasteiger partial charge in [-0.15, -0.1) is 0 Å². The van der Waals surface area contributed by atoms with Crippen molar-refractivity contribution in [3.63, 3.8) is 0 Å². The molecule has 0 aliphatic carbocycles. The number of aromatic nitrogens is 1. The average Bonchev–Trinajstić information content (AvgIpc) is 3.23. The first kappa shape index (κ1) is 25.6. The Kier molecular flexibility index (Phi) is 7.77. The van der Waals surface area contributed by atoms with E-state index in [-0.39, 0.29) is 5.91 Å². The van der Waals surface area contributed by atoms with Gasteiger partial charge >= 0.3 is 0 Å². The number of ether oxygens (including phenoxy) is 2. The number of pyridine rings is 1. The van der Waals surface area contributed by atoms with Crippen LogP contribution in [0.25, 0.3) is 6.08 Å². The lowest BCUT2D eigenvalue weighted by Gasteiger charge is -2.15. The summed E-state index contributed by atoms with van der Waals surface area (Å²) >= 11 is 7.56. The number of nitrogens with zero attached hydrogens (tertiary/aromatic N) is 3. The number of aliphatic imine (C=N–C) groups is 1. The van der Waals surface area contributed by atoms with Crippen LogP contribution in [0.5, 0.6) is 11.5 Å². The Balaban J connectivity index is 1.44. The van der Waals surface area contributed by atoms with Crippen molar-refractivity contribution in [2.75, 3.05) is 12.0 Å². The molecule has 190 valence electrons. The van der Waals surface area contributed by atoms with Gasteiger partial charge in [-0.2, -0.15) is 0 Å². The Morgan fingerprint density at radius 1 is 0.974 bits per heavy atom. The van der Waals surface area contributed by atoms with E-state index in [1.54, 1.807) is 12.0 Å². The first-order valence-electron chi connectivity index (χ1n) is 11.9. The van der Waals surface area contributed by atoms with Crippen LogP contribution in [0.3, 0.4) is 0 Å². The molecule has 0 saturated carbocycles. The van der Waals surface area contributed by atoms with Gasteiger partial charge in [0, 0.05) is 16.3 Å². The number of carbonyl (C=O) groups is 1. The second-order valence-corrected chi connectivity index (χ2v) is 9.82. The predicted octanol–water partition coefficient (Wildman–Crippen LogP) is 7.44. The number of halogens is 1. The highest BCUT2D eigenvalue weighted by Gasteiger charge is 2.34. The molecule has 1 aromatic heterocycles. The molecule has 8 heteroatoms. The first-order valence-corrected chi connectivity index (χ1v) is 13.1. The molecule has 4 aromatic rings. The number of anilines is 1. The van der Waals surface area contributed by atoms with E-state index < -0.39 is 0 Å². The maximum Gasteiger partial charge on any atom is 0.271 e. The molecule has 0 N–H and O–H groups in total. The third kappa shape index (κ3) is 5.74. The monoisotopic (exact) mass is 541 g/mol. The van der Waals surface area contributed by atoms with Gasteiger partial charge in [0.1, 0.15) is 6.61 Å². The number of hydrogen-bond acceptors (Lipinski definition) is 6. The molecule has 0 atom stereocenters. The quantitative estimate of drug-likeness (QED) is 0.227. The number of aryl methyl sites for hydroxylation is 1. The standard InChI is InChI=1S/C30H24ClN3O3S/c1-20-9-8-14-28(32-20)33-30-34(23-11-4-3-5-12-23)29(35)27(38-30)18-21-15-16-25(26(17-21)36-2)37-19-22-10-6-7-13-24(22)31/h3-18H,19H2,1-2H3/b27-18-,33-30+. The van der Waals surface area contributed by atoms with Crippen LogP contribution < -0.4 is 14.4 Å². The van der Waals surface area contributed by atoms with Crippen molar-refractivity contribution >= 4 is 52.0 Å². The van der Waals surface area contributed by atoms with E-state index >= 15 is 0 Å². The van der Waals surface area contributed by atoms with Crippen LogP contribution in [-0.4, -0.2) is 23.2 Å². The Morgan fingerprint density at radius 2 is 1.76 bits per heavy atom. The number of hydrogen-bond donors (Lipinski definition) is 0. The lowest BCUT2D eigenvalue weighted by molar-refractivity contribution is -0.113. The Bertz CT molecular complexity index is 1540. The molecule has 0 bridgehead atoms. The molecule has 38 heavy (non-hydrogen) atoms. The fourth-order valence-electron chi connectivity index (χ4n) is 3.86. The number of thioether (sulfide) groups is 1. The van der Waals surface area contributed by atoms with E-state index in [1.807, 2.05) is 104 Å². The second kappa shape index (κ2) is 11.5. The van der Waals surface area contributed by atoms with Gasteiger partial charge in [0.05, 0.1) is 17.7 Å². The molecule has 0 spiro atoms. The van der Waals surface area contributed by atoms with Crippen LogP contribution in [0.1, 0.15) is 16.8 Å². The zero-order valence-corrected chi connectivity index (χ0v) is 22.4. The van der Waals surface area contributed by atoms with Gasteiger partial charge in [-0.3, -0.25) is 9.69 Å². The third-order valence-electron chi connectivity index (χ3n) is 5.73. The minimum absolute atomic E-state index is 0.161. The number of carbonyl (C=O) groups excluding carboxylic acids is 1. The summed E-state index contributed by atoms with van der Waals surface area (Å²) in [6, 6.07) is 28.2. The molecular formula is C30H24ClN3O3S. The van der Waals surface area contributed by atoms with E-state index in [9.17, 15) is 4.79 Å². The Hall–Kier alpha value is -4.07. The fraction of sp³-hybridized carbons (Fsp3) is 0.100. The molecular weight excluding hydrogens is 518 g/mol. The van der Waals surface area contributed by atoms with Crippen LogP contribution in [0, 0.1) is 6.92 Å². The largest absolute Gasteiger partial charge is 0.493 e. The highest BCUT2D eigenvalue weighted by Crippen LogP contribution is 2.38. The predicted molar refractivity (Wildman–Crippen MR) is 154 cm³/mol. The van der Waals surface area contributed by atoms with E-state index in [0.717, 1.165) is 22.5 Å². The summed E-state index contributed by atoms with van der Waals surface area (Å²) in [6.45, 7) is 2.22. The molecule has 1 saturated heterocycles. The molecule has 1 aliphatic heterocycles. The normalized spacial score (nSPS) is 15.3. The van der Waals surface area contributed by atoms with E-state index in [0.29, 0.717) is 39.0 Å². The third-order valence-corrected chi connectivity index (χ3v) is 7.07. The molecule has 3 aromatic carbocycles. The topological polar surface area (TPSA) is 64.0 Å². The van der Waals surface area contributed by atoms with Crippen molar-refractivity contribution in [2.45, 2.75) is 13.5 Å². The average molecular weight is 542 g/mol. The zero-order valence-electron chi connectivity index (χ0n) is 20.8. The van der Waals surface area contributed by atoms with E-state index in [1.165, 1.54) is 11.8 Å². The van der Waals surface area contributed by atoms with Crippen LogP contribution >= 0.6 is 23.4 Å². The van der Waals surface area contributed by atoms with Crippen molar-refractivity contribution in [1.29, 1.82) is 0 Å². The molecule has 0 unspecified atom stereocenters. The first-order chi connectivity index (χ1) is 18.5. The fourth-order valence-corrected chi connectivity index (χ4v) is 5.04. The molecule has 1 fully saturated rings. The lowest BCUT2D eigenvalue weighted by atomic mass is 10.1. The van der Waals surface area contributed by atoms with Crippen molar-refractivity contribution in [1.82, 2.24) is 4.98 Å². The maximum atomic E-state index is 13.6. The summed E-state index contributed by atoms with van der Waals surface area (Å²) in [5.74, 6) is 1.52. The molecule has 0 radical (unpaired) electrons. The summed E-state index contributed by atoms with van der Waals surface area (Å²) in [4.78, 5) is 24.9. The van der Waals surface area contributed by atoms with Gasteiger partial charge < -0.3 is 9.47 Å². The number of benzene rings is 3. The maximum absolute atomic E-state index is 13.6. The summed E-state index contributed by atoms with van der Waals surface area (Å²) in [5.41, 5.74) is 3.27. The van der Waals surface area contributed by atoms with Gasteiger partial charge in [0.15, 0.2) is 22.5 Å². The number of para-hydroxylation sites is 1. The summed E-state index contributed by atoms with van der Waals surface area (Å²) in [5, 5.41) is 1.18. The molecule has 5 rings (SSSR count). The van der Waals surface area contributed by atoms with Gasteiger partial charge in [-0.05, 0) is 72.8 Å². The van der Waals surface area contributed by atoms with Gasteiger partial charge in [-0.1, -0.05) is 60.1 Å². The highest BCUT2D eigenvalue weighted by atomic mass is 35.5. The van der Waals surface area contributed by atoms with Crippen molar-refractivity contribution in [3.8, 4) is 11.5 Å². The molecule has 2 heterocycles. The summed E-state index contributed by atoms with van der Waals surface area (Å²) in [6.07, 6.45) is 1.83. The summed E-state index contributed by atoms with van der Waals surface area (Å²) < 4.78 is 11.5. The van der Waals surface area contributed by atoms with Crippen LogP contribution in [-0.2, 0) is 11.4 Å². The van der Waals surface area contributed by atoms with Crippen LogP contribution in [0.4, 0.5) is 11.5 Å². The minimum atomic E-state index is -0.161. The Labute approximate surface area is 230 Å². The number of amides is 1. The molecule has 1 aliphatic rings. The molecule has 1 amide bonds. The minimum Gasteiger partial charge on any atom is -0.493 e. The summed E-state index contributed by atoms with van der Waals surface area (Å²) in [7, 11) is 1.58. The zero-order chi connectivity index (χ0) is 26.5. The Morgan fingerprint density at radius 3 is 2.53 bits per heavy atom.